The van der Waals surface area contributed by atoms with Gasteiger partial charge in [0, 0.05) is 32.2 Å². The lowest BCUT2D eigenvalue weighted by atomic mass is 9.74. The molecule has 0 saturated carbocycles. The zero-order valence-corrected chi connectivity index (χ0v) is 14.3. The van der Waals surface area contributed by atoms with E-state index in [1.54, 1.807) is 6.20 Å². The topological polar surface area (TPSA) is 71.5 Å². The molecule has 132 valence electrons. The molecule has 1 aromatic heterocycles. The van der Waals surface area contributed by atoms with Crippen LogP contribution in [0.1, 0.15) is 18.4 Å². The van der Waals surface area contributed by atoms with Crippen LogP contribution < -0.4 is 5.32 Å². The Bertz CT molecular complexity index is 680. The summed E-state index contributed by atoms with van der Waals surface area (Å²) >= 11 is 0. The molecular formula is C20H24N2O3. The number of aliphatic hydroxyl groups is 1. The van der Waals surface area contributed by atoms with Crippen LogP contribution in [0.25, 0.3) is 11.1 Å². The molecule has 0 bridgehead atoms. The summed E-state index contributed by atoms with van der Waals surface area (Å²) < 4.78 is 5.46. The number of amides is 1. The highest BCUT2D eigenvalue weighted by atomic mass is 16.5. The number of ether oxygens (including phenoxy) is 1. The second-order valence-electron chi connectivity index (χ2n) is 6.49. The Labute approximate surface area is 148 Å². The van der Waals surface area contributed by atoms with Crippen molar-refractivity contribution < 1.29 is 14.6 Å². The van der Waals surface area contributed by atoms with Gasteiger partial charge >= 0.3 is 0 Å². The fourth-order valence-corrected chi connectivity index (χ4v) is 3.34. The quantitative estimate of drug-likeness (QED) is 0.846. The minimum atomic E-state index is -0.455. The number of carbonyl (C=O) groups is 1. The highest BCUT2D eigenvalue weighted by molar-refractivity contribution is 5.83. The first-order chi connectivity index (χ1) is 12.2. The highest BCUT2D eigenvalue weighted by Gasteiger charge is 2.39. The number of hydrogen-bond donors (Lipinski definition) is 2. The van der Waals surface area contributed by atoms with Crippen molar-refractivity contribution in [3.63, 3.8) is 0 Å². The summed E-state index contributed by atoms with van der Waals surface area (Å²) in [5, 5.41) is 11.8. The fraction of sp³-hybridized carbons (Fsp3) is 0.400. The third-order valence-electron chi connectivity index (χ3n) is 4.82. The van der Waals surface area contributed by atoms with Crippen LogP contribution in [0.3, 0.4) is 0 Å². The smallest absolute Gasteiger partial charge is 0.226 e. The highest BCUT2D eigenvalue weighted by Crippen LogP contribution is 2.35. The molecule has 0 unspecified atom stereocenters. The lowest BCUT2D eigenvalue weighted by molar-refractivity contribution is -0.136. The van der Waals surface area contributed by atoms with Crippen LogP contribution in [0.15, 0.2) is 48.8 Å². The molecule has 25 heavy (non-hydrogen) atoms. The Kier molecular flexibility index (Phi) is 5.79. The minimum absolute atomic E-state index is 0.0150. The molecule has 0 radical (unpaired) electrons. The molecule has 2 heterocycles. The Hall–Kier alpha value is -2.24. The Morgan fingerprint density at radius 3 is 2.56 bits per heavy atom. The van der Waals surface area contributed by atoms with Gasteiger partial charge in [0.05, 0.1) is 12.0 Å². The molecule has 1 aromatic carbocycles. The normalized spacial score (nSPS) is 16.4. The van der Waals surface area contributed by atoms with E-state index in [-0.39, 0.29) is 12.5 Å². The van der Waals surface area contributed by atoms with Crippen LogP contribution in [0.5, 0.6) is 0 Å². The molecule has 1 amide bonds. The Morgan fingerprint density at radius 2 is 1.92 bits per heavy atom. The van der Waals surface area contributed by atoms with Gasteiger partial charge in [0.2, 0.25) is 5.91 Å². The summed E-state index contributed by atoms with van der Waals surface area (Å²) in [5.74, 6) is 0.0150. The molecule has 2 N–H and O–H groups in total. The number of pyridine rings is 1. The molecule has 2 aromatic rings. The van der Waals surface area contributed by atoms with E-state index < -0.39 is 5.41 Å². The molecule has 5 nitrogen and oxygen atoms in total. The summed E-state index contributed by atoms with van der Waals surface area (Å²) in [6.45, 7) is 1.44. The lowest BCUT2D eigenvalue weighted by Gasteiger charge is -2.36. The van der Waals surface area contributed by atoms with E-state index in [0.29, 0.717) is 39.0 Å². The van der Waals surface area contributed by atoms with Crippen LogP contribution in [0, 0.1) is 5.41 Å². The lowest BCUT2D eigenvalue weighted by Crippen LogP contribution is -2.46. The second kappa shape index (κ2) is 8.23. The van der Waals surface area contributed by atoms with E-state index in [1.165, 1.54) is 0 Å². The number of hydrogen-bond acceptors (Lipinski definition) is 4. The van der Waals surface area contributed by atoms with Crippen molar-refractivity contribution in [2.75, 3.05) is 26.4 Å². The first-order valence-electron chi connectivity index (χ1n) is 8.70. The monoisotopic (exact) mass is 340 g/mol. The number of rotatable bonds is 6. The fourth-order valence-electron chi connectivity index (χ4n) is 3.34. The number of aromatic nitrogens is 1. The predicted molar refractivity (Wildman–Crippen MR) is 96.0 cm³/mol. The molecule has 0 spiro atoms. The number of benzene rings is 1. The van der Waals surface area contributed by atoms with Crippen molar-refractivity contribution in [1.29, 1.82) is 0 Å². The molecule has 1 aliphatic heterocycles. The Balaban J connectivity index is 1.76. The van der Waals surface area contributed by atoms with Gasteiger partial charge in [0.15, 0.2) is 0 Å². The van der Waals surface area contributed by atoms with Gasteiger partial charge in [0.25, 0.3) is 0 Å². The number of nitrogens with zero attached hydrogens (tertiary/aromatic N) is 1. The maximum atomic E-state index is 12.7. The van der Waals surface area contributed by atoms with Crippen molar-refractivity contribution in [2.45, 2.75) is 19.3 Å². The summed E-state index contributed by atoms with van der Waals surface area (Å²) in [5.41, 5.74) is 2.87. The van der Waals surface area contributed by atoms with Crippen molar-refractivity contribution in [1.82, 2.24) is 10.3 Å². The zero-order chi connectivity index (χ0) is 17.5. The van der Waals surface area contributed by atoms with Crippen molar-refractivity contribution in [3.05, 3.63) is 54.4 Å². The molecule has 0 aliphatic carbocycles. The van der Waals surface area contributed by atoms with E-state index in [0.717, 1.165) is 16.7 Å². The van der Waals surface area contributed by atoms with Crippen LogP contribution in [0.4, 0.5) is 0 Å². The first kappa shape index (κ1) is 17.6. The van der Waals surface area contributed by atoms with Crippen molar-refractivity contribution in [3.8, 4) is 11.1 Å². The summed E-state index contributed by atoms with van der Waals surface area (Å²) in [6, 6.07) is 12.3. The predicted octanol–water partition coefficient (Wildman–Crippen LogP) is 2.20. The van der Waals surface area contributed by atoms with Crippen LogP contribution in [0.2, 0.25) is 0 Å². The second-order valence-corrected chi connectivity index (χ2v) is 6.49. The summed E-state index contributed by atoms with van der Waals surface area (Å²) in [7, 11) is 0. The molecule has 0 atom stereocenters. The third kappa shape index (κ3) is 4.24. The molecule has 3 rings (SSSR count). The van der Waals surface area contributed by atoms with Gasteiger partial charge in [-0.2, -0.15) is 0 Å². The van der Waals surface area contributed by atoms with Crippen molar-refractivity contribution in [2.24, 2.45) is 5.41 Å². The maximum Gasteiger partial charge on any atom is 0.226 e. The van der Waals surface area contributed by atoms with E-state index in [4.69, 9.17) is 9.84 Å². The first-order valence-corrected chi connectivity index (χ1v) is 8.70. The van der Waals surface area contributed by atoms with E-state index in [9.17, 15) is 4.79 Å². The SMILES string of the molecule is O=C(NCCO)C1(Cc2ccc(-c3cccnc3)cc2)CCOCC1. The van der Waals surface area contributed by atoms with Crippen LogP contribution >= 0.6 is 0 Å². The number of nitrogens with one attached hydrogen (secondary N) is 1. The molecular weight excluding hydrogens is 316 g/mol. The van der Waals surface area contributed by atoms with E-state index >= 15 is 0 Å². The molecule has 1 saturated heterocycles. The average Bonchev–Trinajstić information content (AvgIpc) is 2.68. The maximum absolute atomic E-state index is 12.7. The van der Waals surface area contributed by atoms with Crippen molar-refractivity contribution >= 4 is 5.91 Å². The van der Waals surface area contributed by atoms with Gasteiger partial charge in [-0.15, -0.1) is 0 Å². The minimum Gasteiger partial charge on any atom is -0.395 e. The average molecular weight is 340 g/mol. The molecule has 1 aliphatic rings. The third-order valence-corrected chi connectivity index (χ3v) is 4.82. The van der Waals surface area contributed by atoms with Gasteiger partial charge in [-0.05, 0) is 42.0 Å². The summed E-state index contributed by atoms with van der Waals surface area (Å²) in [4.78, 5) is 16.8. The van der Waals surface area contributed by atoms with Gasteiger partial charge in [-0.3, -0.25) is 9.78 Å². The Morgan fingerprint density at radius 1 is 1.16 bits per heavy atom. The van der Waals surface area contributed by atoms with E-state index in [2.05, 4.69) is 34.6 Å². The van der Waals surface area contributed by atoms with Crippen LogP contribution in [-0.2, 0) is 16.0 Å². The van der Waals surface area contributed by atoms with Gasteiger partial charge in [0.1, 0.15) is 0 Å². The molecule has 5 heteroatoms. The number of carbonyl (C=O) groups excluding carboxylic acids is 1. The zero-order valence-electron chi connectivity index (χ0n) is 14.3. The largest absolute Gasteiger partial charge is 0.395 e. The van der Waals surface area contributed by atoms with Crippen LogP contribution in [-0.4, -0.2) is 42.4 Å². The summed E-state index contributed by atoms with van der Waals surface area (Å²) in [6.07, 6.45) is 5.69. The standard InChI is InChI=1S/C20H24N2O3/c23-11-10-22-19(24)20(7-12-25-13-8-20)14-16-3-5-17(6-4-16)18-2-1-9-21-15-18/h1-6,9,15,23H,7-8,10-14H2,(H,22,24). The van der Waals surface area contributed by atoms with Gasteiger partial charge in [-0.25, -0.2) is 0 Å². The van der Waals surface area contributed by atoms with Gasteiger partial charge in [-0.1, -0.05) is 30.3 Å². The van der Waals surface area contributed by atoms with Gasteiger partial charge < -0.3 is 15.2 Å². The van der Waals surface area contributed by atoms with E-state index in [1.807, 2.05) is 18.3 Å². The number of aliphatic hydroxyl groups excluding tert-OH is 1. The molecule has 1 fully saturated rings.